The number of carboxylic acid groups (broad SMARTS) is 1. The Morgan fingerprint density at radius 3 is 2.08 bits per heavy atom. The predicted molar refractivity (Wildman–Crippen MR) is 164 cm³/mol. The van der Waals surface area contributed by atoms with Gasteiger partial charge in [0, 0.05) is 5.92 Å². The minimum absolute atomic E-state index is 0.0818. The molecule has 0 aromatic heterocycles. The molecule has 0 heterocycles. The van der Waals surface area contributed by atoms with E-state index in [0.717, 1.165) is 68.5 Å². The number of rotatable bonds is 22. The lowest BCUT2D eigenvalue weighted by molar-refractivity contribution is -0.141. The van der Waals surface area contributed by atoms with Crippen LogP contribution in [0, 0.1) is 17.8 Å². The predicted octanol–water partition coefficient (Wildman–Crippen LogP) is 7.94. The zero-order chi connectivity index (χ0) is 30.3. The van der Waals surface area contributed by atoms with Crippen LogP contribution >= 0.6 is 0 Å². The Morgan fingerprint density at radius 2 is 1.50 bits per heavy atom. The fourth-order valence-electron chi connectivity index (χ4n) is 5.64. The summed E-state index contributed by atoms with van der Waals surface area (Å²) >= 11 is 0. The van der Waals surface area contributed by atoms with Crippen molar-refractivity contribution in [3.05, 3.63) is 23.0 Å². The lowest BCUT2D eigenvalue weighted by Crippen LogP contribution is -2.28. The van der Waals surface area contributed by atoms with Crippen LogP contribution in [0.3, 0.4) is 0 Å². The van der Waals surface area contributed by atoms with Gasteiger partial charge in [0.05, 0.1) is 29.8 Å². The fraction of sp³-hybridized carbons (Fsp3) is 0.853. The first-order valence-electron chi connectivity index (χ1n) is 16.1. The van der Waals surface area contributed by atoms with Crippen molar-refractivity contribution >= 4 is 5.97 Å². The van der Waals surface area contributed by atoms with Crippen molar-refractivity contribution in [3.8, 4) is 0 Å². The zero-order valence-electron chi connectivity index (χ0n) is 26.8. The minimum Gasteiger partial charge on any atom is -0.493 e. The Morgan fingerprint density at radius 1 is 0.925 bits per heavy atom. The van der Waals surface area contributed by atoms with E-state index in [1.165, 1.54) is 19.3 Å². The second kappa shape index (κ2) is 18.2. The average molecular weight is 567 g/mol. The number of ether oxygens (including phenoxy) is 1. The Labute approximate surface area is 245 Å². The minimum atomic E-state index is -0.827. The van der Waals surface area contributed by atoms with Crippen LogP contribution < -0.4 is 0 Å². The van der Waals surface area contributed by atoms with Crippen molar-refractivity contribution in [3.63, 3.8) is 0 Å². The number of carboxylic acids is 1. The van der Waals surface area contributed by atoms with Crippen LogP contribution in [0.1, 0.15) is 145 Å². The van der Waals surface area contributed by atoms with E-state index in [1.807, 2.05) is 19.9 Å². The van der Waals surface area contributed by atoms with E-state index in [0.29, 0.717) is 38.0 Å². The summed E-state index contributed by atoms with van der Waals surface area (Å²) < 4.78 is 6.26. The van der Waals surface area contributed by atoms with Crippen LogP contribution in [0.25, 0.3) is 0 Å². The quantitative estimate of drug-likeness (QED) is 0.0991. The standard InChI is InChI=1S/C34H62O6/c1-8-9-10-11-23-40-31-28(5)27(4)30(35)24-29(31)18-17-25(2)15-12-19-33(6,38)21-14-22-34(7,39)20-13-16-26(3)32(36)37/h24-27,30,35,38-39H,8-23H2,1-7H3,(H,36,37). The molecule has 0 aliphatic heterocycles. The molecule has 234 valence electrons. The molecule has 0 aromatic rings. The Bertz CT molecular complexity index is 796. The molecule has 0 radical (unpaired) electrons. The van der Waals surface area contributed by atoms with Gasteiger partial charge in [-0.2, -0.15) is 0 Å². The van der Waals surface area contributed by atoms with Gasteiger partial charge in [-0.3, -0.25) is 4.79 Å². The van der Waals surface area contributed by atoms with Gasteiger partial charge in [0.15, 0.2) is 0 Å². The number of hydrogen-bond acceptors (Lipinski definition) is 5. The molecule has 0 amide bonds. The van der Waals surface area contributed by atoms with Crippen molar-refractivity contribution in [2.75, 3.05) is 6.61 Å². The Kier molecular flexibility index (Phi) is 16.7. The largest absolute Gasteiger partial charge is 0.493 e. The lowest BCUT2D eigenvalue weighted by atomic mass is 9.83. The maximum Gasteiger partial charge on any atom is 0.306 e. The number of allylic oxidation sites excluding steroid dienone is 1. The summed E-state index contributed by atoms with van der Waals surface area (Å²) in [6, 6.07) is 0. The van der Waals surface area contributed by atoms with E-state index >= 15 is 0 Å². The van der Waals surface area contributed by atoms with Crippen molar-refractivity contribution < 1.29 is 30.0 Å². The highest BCUT2D eigenvalue weighted by Crippen LogP contribution is 2.35. The molecule has 0 fully saturated rings. The molecule has 1 rings (SSSR count). The Balaban J connectivity index is 2.41. The molecule has 0 aromatic carbocycles. The van der Waals surface area contributed by atoms with Crippen LogP contribution in [0.5, 0.6) is 0 Å². The molecule has 0 spiro atoms. The summed E-state index contributed by atoms with van der Waals surface area (Å²) in [7, 11) is 0. The molecule has 4 N–H and O–H groups in total. The van der Waals surface area contributed by atoms with Crippen molar-refractivity contribution in [1.29, 1.82) is 0 Å². The van der Waals surface area contributed by atoms with E-state index in [-0.39, 0.29) is 11.8 Å². The number of aliphatic hydroxyl groups excluding tert-OH is 1. The monoisotopic (exact) mass is 566 g/mol. The number of unbranched alkanes of at least 4 members (excludes halogenated alkanes) is 3. The van der Waals surface area contributed by atoms with E-state index in [9.17, 15) is 20.1 Å². The fourth-order valence-corrected chi connectivity index (χ4v) is 5.64. The summed E-state index contributed by atoms with van der Waals surface area (Å²) in [5, 5.41) is 41.1. The maximum atomic E-state index is 11.0. The number of aliphatic carboxylic acids is 1. The highest BCUT2D eigenvalue weighted by Gasteiger charge is 2.27. The molecule has 0 bridgehead atoms. The van der Waals surface area contributed by atoms with Crippen LogP contribution in [0.15, 0.2) is 23.0 Å². The van der Waals surface area contributed by atoms with Gasteiger partial charge in [-0.1, -0.05) is 59.8 Å². The lowest BCUT2D eigenvalue weighted by Gasteiger charge is -2.29. The summed E-state index contributed by atoms with van der Waals surface area (Å²) in [6.45, 7) is 14.8. The molecular formula is C34H62O6. The Hall–Kier alpha value is -1.37. The molecule has 6 unspecified atom stereocenters. The molecule has 6 heteroatoms. The third-order valence-corrected chi connectivity index (χ3v) is 8.98. The second-order valence-corrected chi connectivity index (χ2v) is 13.4. The van der Waals surface area contributed by atoms with Crippen molar-refractivity contribution in [1.82, 2.24) is 0 Å². The normalized spacial score (nSPS) is 22.3. The van der Waals surface area contributed by atoms with Crippen LogP contribution in [-0.2, 0) is 9.53 Å². The third kappa shape index (κ3) is 14.5. The average Bonchev–Trinajstić information content (AvgIpc) is 2.86. The van der Waals surface area contributed by atoms with Gasteiger partial charge < -0.3 is 25.2 Å². The SMILES string of the molecule is CCCCCCOC1=C(C)C(C)C(O)C=C1CCC(C)CCCC(C)(O)CCCC(C)(O)CCCC(C)C(=O)O. The smallest absolute Gasteiger partial charge is 0.306 e. The van der Waals surface area contributed by atoms with Gasteiger partial charge in [0.25, 0.3) is 0 Å². The molecule has 6 nitrogen and oxygen atoms in total. The molecule has 0 saturated carbocycles. The molecule has 6 atom stereocenters. The first kappa shape index (κ1) is 36.7. The highest BCUT2D eigenvalue weighted by atomic mass is 16.5. The van der Waals surface area contributed by atoms with Gasteiger partial charge in [0.1, 0.15) is 5.76 Å². The zero-order valence-corrected chi connectivity index (χ0v) is 26.8. The van der Waals surface area contributed by atoms with Crippen LogP contribution in [0.2, 0.25) is 0 Å². The van der Waals surface area contributed by atoms with E-state index in [2.05, 4.69) is 27.7 Å². The first-order chi connectivity index (χ1) is 18.7. The van der Waals surface area contributed by atoms with E-state index in [1.54, 1.807) is 6.92 Å². The number of aliphatic hydroxyl groups is 3. The van der Waals surface area contributed by atoms with Crippen LogP contribution in [-0.4, -0.2) is 50.3 Å². The van der Waals surface area contributed by atoms with Gasteiger partial charge in [-0.05, 0) is 108 Å². The summed E-state index contributed by atoms with van der Waals surface area (Å²) in [4.78, 5) is 11.0. The van der Waals surface area contributed by atoms with Crippen LogP contribution in [0.4, 0.5) is 0 Å². The van der Waals surface area contributed by atoms with E-state index in [4.69, 9.17) is 9.84 Å². The van der Waals surface area contributed by atoms with Gasteiger partial charge in [-0.25, -0.2) is 0 Å². The van der Waals surface area contributed by atoms with Gasteiger partial charge >= 0.3 is 5.97 Å². The molecule has 1 aliphatic carbocycles. The topological polar surface area (TPSA) is 107 Å². The summed E-state index contributed by atoms with van der Waals surface area (Å²) in [5.41, 5.74) is 0.713. The number of hydrogen-bond donors (Lipinski definition) is 4. The second-order valence-electron chi connectivity index (χ2n) is 13.4. The molecule has 0 saturated heterocycles. The third-order valence-electron chi connectivity index (χ3n) is 8.98. The van der Waals surface area contributed by atoms with Crippen molar-refractivity contribution in [2.45, 2.75) is 162 Å². The van der Waals surface area contributed by atoms with Gasteiger partial charge in [-0.15, -0.1) is 0 Å². The molecule has 40 heavy (non-hydrogen) atoms. The summed E-state index contributed by atoms with van der Waals surface area (Å²) in [6.07, 6.45) is 14.7. The van der Waals surface area contributed by atoms with E-state index < -0.39 is 23.3 Å². The number of carbonyl (C=O) groups is 1. The van der Waals surface area contributed by atoms with Gasteiger partial charge in [0.2, 0.25) is 0 Å². The first-order valence-corrected chi connectivity index (χ1v) is 16.1. The highest BCUT2D eigenvalue weighted by molar-refractivity contribution is 5.69. The molecular weight excluding hydrogens is 504 g/mol. The van der Waals surface area contributed by atoms with Crippen molar-refractivity contribution in [2.24, 2.45) is 17.8 Å². The summed E-state index contributed by atoms with van der Waals surface area (Å²) in [5.74, 6) is 0.414. The maximum absolute atomic E-state index is 11.0. The molecule has 1 aliphatic rings.